The van der Waals surface area contributed by atoms with E-state index in [1.807, 2.05) is 30.3 Å². The molecule has 4 heteroatoms. The first-order valence-electron chi connectivity index (χ1n) is 5.83. The van der Waals surface area contributed by atoms with Gasteiger partial charge in [-0.3, -0.25) is 0 Å². The Balaban J connectivity index is 2.08. The monoisotopic (exact) mass is 242 g/mol. The molecule has 0 aromatic heterocycles. The molecule has 2 aromatic carbocycles. The van der Waals surface area contributed by atoms with Crippen LogP contribution in [-0.4, -0.2) is 0 Å². The summed E-state index contributed by atoms with van der Waals surface area (Å²) in [6, 6.07) is 11.4. The zero-order valence-corrected chi connectivity index (χ0v) is 10.2. The Bertz CT molecular complexity index is 543. The maximum atomic E-state index is 5.77. The Morgan fingerprint density at radius 1 is 0.611 bits per heavy atom. The second-order valence-corrected chi connectivity index (χ2v) is 4.47. The largest absolute Gasteiger partial charge is 0.399 e. The Morgan fingerprint density at radius 3 is 1.83 bits per heavy atom. The number of anilines is 4. The van der Waals surface area contributed by atoms with Crippen molar-refractivity contribution in [3.8, 4) is 0 Å². The van der Waals surface area contributed by atoms with E-state index in [0.29, 0.717) is 22.7 Å². The predicted octanol–water partition coefficient (Wildman–Crippen LogP) is 1.80. The maximum Gasteiger partial charge on any atom is 0.0550 e. The van der Waals surface area contributed by atoms with E-state index in [1.165, 1.54) is 0 Å². The van der Waals surface area contributed by atoms with E-state index in [-0.39, 0.29) is 0 Å². The van der Waals surface area contributed by atoms with Gasteiger partial charge >= 0.3 is 0 Å². The van der Waals surface area contributed by atoms with Crippen molar-refractivity contribution < 1.29 is 0 Å². The second kappa shape index (κ2) is 4.87. The molecule has 4 nitrogen and oxygen atoms in total. The lowest BCUT2D eigenvalue weighted by Gasteiger charge is -2.07. The van der Waals surface area contributed by atoms with Crippen LogP contribution in [0.25, 0.3) is 0 Å². The van der Waals surface area contributed by atoms with Crippen LogP contribution in [0.3, 0.4) is 0 Å². The van der Waals surface area contributed by atoms with Gasteiger partial charge in [0.05, 0.1) is 11.4 Å². The molecule has 0 fully saturated rings. The fourth-order valence-electron chi connectivity index (χ4n) is 1.96. The zero-order valence-electron chi connectivity index (χ0n) is 10.2. The molecule has 0 radical (unpaired) electrons. The second-order valence-electron chi connectivity index (χ2n) is 4.47. The number of aryl methyl sites for hydroxylation is 2. The lowest BCUT2D eigenvalue weighted by Crippen LogP contribution is -1.99. The Morgan fingerprint density at radius 2 is 1.22 bits per heavy atom. The lowest BCUT2D eigenvalue weighted by molar-refractivity contribution is 0.962. The first-order valence-corrected chi connectivity index (χ1v) is 5.83. The highest BCUT2D eigenvalue weighted by molar-refractivity contribution is 5.64. The molecule has 0 spiro atoms. The van der Waals surface area contributed by atoms with Crippen LogP contribution in [0.5, 0.6) is 0 Å². The third-order valence-corrected chi connectivity index (χ3v) is 2.89. The van der Waals surface area contributed by atoms with Gasteiger partial charge in [0, 0.05) is 11.4 Å². The van der Waals surface area contributed by atoms with Gasteiger partial charge in [0.25, 0.3) is 0 Å². The van der Waals surface area contributed by atoms with Gasteiger partial charge in [-0.1, -0.05) is 6.07 Å². The number of hydrogen-bond acceptors (Lipinski definition) is 4. The Labute approximate surface area is 107 Å². The summed E-state index contributed by atoms with van der Waals surface area (Å²) in [5.41, 5.74) is 27.9. The minimum atomic E-state index is 0.618. The summed E-state index contributed by atoms with van der Waals surface area (Å²) >= 11 is 0. The highest BCUT2D eigenvalue weighted by Crippen LogP contribution is 2.19. The Hall–Kier alpha value is -2.36. The molecule has 0 bridgehead atoms. The number of benzene rings is 2. The van der Waals surface area contributed by atoms with Gasteiger partial charge in [-0.2, -0.15) is 0 Å². The number of hydrogen-bond donors (Lipinski definition) is 4. The lowest BCUT2D eigenvalue weighted by atomic mass is 10.0. The van der Waals surface area contributed by atoms with E-state index < -0.39 is 0 Å². The molecule has 18 heavy (non-hydrogen) atoms. The number of nitrogen functional groups attached to an aromatic ring is 4. The zero-order chi connectivity index (χ0) is 13.1. The normalized spacial score (nSPS) is 10.4. The van der Waals surface area contributed by atoms with Gasteiger partial charge in [0.2, 0.25) is 0 Å². The molecule has 0 aliphatic heterocycles. The van der Waals surface area contributed by atoms with Gasteiger partial charge in [0.1, 0.15) is 0 Å². The van der Waals surface area contributed by atoms with E-state index in [0.717, 1.165) is 24.0 Å². The Kier molecular flexibility index (Phi) is 3.28. The molecule has 2 aromatic rings. The van der Waals surface area contributed by atoms with Crippen LogP contribution in [0.2, 0.25) is 0 Å². The third-order valence-electron chi connectivity index (χ3n) is 2.89. The molecule has 0 amide bonds. The standard InChI is InChI=1S/C14H18N4/c15-11-5-10(6-12(16)8-11)2-1-9-3-4-13(17)14(18)7-9/h3-8H,1-2,15-18H2. The van der Waals surface area contributed by atoms with Crippen molar-refractivity contribution in [2.75, 3.05) is 22.9 Å². The summed E-state index contributed by atoms with van der Waals surface area (Å²) in [4.78, 5) is 0. The van der Waals surface area contributed by atoms with Crippen LogP contribution < -0.4 is 22.9 Å². The van der Waals surface area contributed by atoms with Crippen LogP contribution in [0.4, 0.5) is 22.7 Å². The summed E-state index contributed by atoms with van der Waals surface area (Å²) in [5.74, 6) is 0. The van der Waals surface area contributed by atoms with Crippen molar-refractivity contribution in [2.24, 2.45) is 0 Å². The molecule has 0 aliphatic rings. The van der Waals surface area contributed by atoms with Crippen molar-refractivity contribution in [3.63, 3.8) is 0 Å². The number of nitrogens with two attached hydrogens (primary N) is 4. The highest BCUT2D eigenvalue weighted by Gasteiger charge is 2.01. The smallest absolute Gasteiger partial charge is 0.0550 e. The molecular formula is C14H18N4. The van der Waals surface area contributed by atoms with E-state index in [2.05, 4.69) is 0 Å². The first-order chi connectivity index (χ1) is 8.54. The predicted molar refractivity (Wildman–Crippen MR) is 77.9 cm³/mol. The van der Waals surface area contributed by atoms with Crippen molar-refractivity contribution in [1.29, 1.82) is 0 Å². The van der Waals surface area contributed by atoms with Crippen molar-refractivity contribution in [3.05, 3.63) is 47.5 Å². The summed E-state index contributed by atoms with van der Waals surface area (Å²) in [7, 11) is 0. The molecule has 0 saturated carbocycles. The average Bonchev–Trinajstić information content (AvgIpc) is 2.29. The van der Waals surface area contributed by atoms with Crippen LogP contribution in [0.15, 0.2) is 36.4 Å². The molecule has 0 saturated heterocycles. The van der Waals surface area contributed by atoms with Crippen LogP contribution in [0, 0.1) is 0 Å². The van der Waals surface area contributed by atoms with Gasteiger partial charge in [-0.05, 0) is 54.3 Å². The van der Waals surface area contributed by atoms with Gasteiger partial charge < -0.3 is 22.9 Å². The average molecular weight is 242 g/mol. The SMILES string of the molecule is Nc1cc(N)cc(CCc2ccc(N)c(N)c2)c1. The molecule has 0 aliphatic carbocycles. The molecule has 0 unspecified atom stereocenters. The molecule has 8 N–H and O–H groups in total. The van der Waals surface area contributed by atoms with Gasteiger partial charge in [0.15, 0.2) is 0 Å². The molecule has 2 rings (SSSR count). The molecule has 0 atom stereocenters. The first kappa shape index (κ1) is 12.1. The summed E-state index contributed by atoms with van der Waals surface area (Å²) in [6.45, 7) is 0. The number of rotatable bonds is 3. The molecule has 0 heterocycles. The van der Waals surface area contributed by atoms with Crippen LogP contribution >= 0.6 is 0 Å². The fraction of sp³-hybridized carbons (Fsp3) is 0.143. The van der Waals surface area contributed by atoms with Crippen molar-refractivity contribution in [2.45, 2.75) is 12.8 Å². The summed E-state index contributed by atoms with van der Waals surface area (Å²) in [6.07, 6.45) is 1.76. The van der Waals surface area contributed by atoms with Gasteiger partial charge in [-0.25, -0.2) is 0 Å². The van der Waals surface area contributed by atoms with E-state index >= 15 is 0 Å². The van der Waals surface area contributed by atoms with Gasteiger partial charge in [-0.15, -0.1) is 0 Å². The van der Waals surface area contributed by atoms with Crippen LogP contribution in [-0.2, 0) is 12.8 Å². The molecular weight excluding hydrogens is 224 g/mol. The molecule has 94 valence electrons. The highest BCUT2D eigenvalue weighted by atomic mass is 14.7. The van der Waals surface area contributed by atoms with Crippen molar-refractivity contribution in [1.82, 2.24) is 0 Å². The van der Waals surface area contributed by atoms with Crippen molar-refractivity contribution >= 4 is 22.7 Å². The topological polar surface area (TPSA) is 104 Å². The maximum absolute atomic E-state index is 5.77. The summed E-state index contributed by atoms with van der Waals surface area (Å²) < 4.78 is 0. The fourth-order valence-corrected chi connectivity index (χ4v) is 1.96. The minimum Gasteiger partial charge on any atom is -0.399 e. The summed E-state index contributed by atoms with van der Waals surface area (Å²) in [5, 5.41) is 0. The van der Waals surface area contributed by atoms with E-state index in [4.69, 9.17) is 22.9 Å². The van der Waals surface area contributed by atoms with E-state index in [1.54, 1.807) is 6.07 Å². The van der Waals surface area contributed by atoms with Crippen LogP contribution in [0.1, 0.15) is 11.1 Å². The van der Waals surface area contributed by atoms with E-state index in [9.17, 15) is 0 Å². The quantitative estimate of drug-likeness (QED) is 0.616. The third kappa shape index (κ3) is 2.85. The minimum absolute atomic E-state index is 0.618.